The van der Waals surface area contributed by atoms with Crippen LogP contribution in [0.3, 0.4) is 0 Å². The van der Waals surface area contributed by atoms with E-state index < -0.39 is 6.10 Å². The molecule has 0 rings (SSSR count). The fraction of sp³-hybridized carbons (Fsp3) is 1.00. The molecule has 0 saturated carbocycles. The minimum absolute atomic E-state index is 0. The maximum atomic E-state index is 9.65. The molecule has 0 aliphatic heterocycles. The van der Waals surface area contributed by atoms with E-state index in [4.69, 9.17) is 5.11 Å². The molecular weight excluding hydrogens is 91.0 g/mol. The number of rotatable bonds is 1. The molecule has 0 aliphatic rings. The van der Waals surface area contributed by atoms with Crippen molar-refractivity contribution in [3.63, 3.8) is 0 Å². The van der Waals surface area contributed by atoms with Crippen molar-refractivity contribution in [3.05, 3.63) is 0 Å². The van der Waals surface area contributed by atoms with Crippen molar-refractivity contribution in [3.8, 4) is 0 Å². The van der Waals surface area contributed by atoms with Crippen molar-refractivity contribution in [1.82, 2.24) is 0 Å². The van der Waals surface area contributed by atoms with Crippen LogP contribution >= 0.6 is 0 Å². The zero-order valence-corrected chi connectivity index (χ0v) is 6.14. The molecule has 0 aromatic heterocycles. The van der Waals surface area contributed by atoms with E-state index in [2.05, 4.69) is 0 Å². The molecule has 3 heteroatoms. The summed E-state index contributed by atoms with van der Waals surface area (Å²) in [7, 11) is 0. The van der Waals surface area contributed by atoms with Crippen LogP contribution in [0.1, 0.15) is 6.92 Å². The van der Waals surface area contributed by atoms with Crippen LogP contribution in [0.5, 0.6) is 0 Å². The summed E-state index contributed by atoms with van der Waals surface area (Å²) < 4.78 is 0. The monoisotopic (exact) mass is 98.0 g/mol. The first-order valence-corrected chi connectivity index (χ1v) is 1.54. The molecule has 0 fully saturated rings. The van der Waals surface area contributed by atoms with Crippen molar-refractivity contribution in [1.29, 1.82) is 0 Å². The Balaban J connectivity index is 0. The predicted octanol–water partition coefficient (Wildman–Crippen LogP) is -4.27. The molecule has 0 aromatic rings. The number of hydrogen-bond donors (Lipinski definition) is 1. The van der Waals surface area contributed by atoms with E-state index in [1.807, 2.05) is 0 Å². The summed E-state index contributed by atoms with van der Waals surface area (Å²) in [4.78, 5) is 0. The fourth-order valence-corrected chi connectivity index (χ4v) is 0. The van der Waals surface area contributed by atoms with Crippen molar-refractivity contribution in [2.75, 3.05) is 6.61 Å². The average molecular weight is 98.1 g/mol. The minimum Gasteiger partial charge on any atom is -0.851 e. The zero-order valence-electron chi connectivity index (χ0n) is 4.14. The SMILES string of the molecule is CC([O-])CO.[Na+]. The largest absolute Gasteiger partial charge is 1.00 e. The molecule has 1 N–H and O–H groups in total. The molecule has 1 atom stereocenters. The van der Waals surface area contributed by atoms with Crippen molar-refractivity contribution >= 4 is 0 Å². The van der Waals surface area contributed by atoms with E-state index in [-0.39, 0.29) is 36.2 Å². The van der Waals surface area contributed by atoms with Crippen LogP contribution in [0.2, 0.25) is 0 Å². The Kier molecular flexibility index (Phi) is 9.89. The van der Waals surface area contributed by atoms with Crippen molar-refractivity contribution in [2.24, 2.45) is 0 Å². The van der Waals surface area contributed by atoms with Gasteiger partial charge >= 0.3 is 29.6 Å². The van der Waals surface area contributed by atoms with E-state index in [1.54, 1.807) is 0 Å². The molecule has 0 saturated heterocycles. The van der Waals surface area contributed by atoms with Crippen molar-refractivity contribution in [2.45, 2.75) is 13.0 Å². The maximum Gasteiger partial charge on any atom is 1.00 e. The zero-order chi connectivity index (χ0) is 4.28. The maximum absolute atomic E-state index is 9.65. The Morgan fingerprint density at radius 3 is 2.00 bits per heavy atom. The molecule has 32 valence electrons. The molecule has 0 heterocycles. The molecule has 6 heavy (non-hydrogen) atoms. The van der Waals surface area contributed by atoms with Gasteiger partial charge in [-0.2, -0.15) is 0 Å². The smallest absolute Gasteiger partial charge is 0.851 e. The second-order valence-corrected chi connectivity index (χ2v) is 0.993. The fourth-order valence-electron chi connectivity index (χ4n) is 0. The first-order chi connectivity index (χ1) is 2.27. The predicted molar refractivity (Wildman–Crippen MR) is 16.5 cm³/mol. The molecule has 1 unspecified atom stereocenters. The van der Waals surface area contributed by atoms with E-state index in [0.717, 1.165) is 0 Å². The summed E-state index contributed by atoms with van der Waals surface area (Å²) in [5.74, 6) is 0. The van der Waals surface area contributed by atoms with Gasteiger partial charge in [0.25, 0.3) is 0 Å². The molecular formula is C3H7NaO2. The molecule has 0 aliphatic carbocycles. The standard InChI is InChI=1S/C3H7O2.Na/c1-3(5)2-4;/h3-4H,2H2,1H3;/q-1;+1. The van der Waals surface area contributed by atoms with E-state index >= 15 is 0 Å². The summed E-state index contributed by atoms with van der Waals surface area (Å²) >= 11 is 0. The van der Waals surface area contributed by atoms with Gasteiger partial charge in [-0.25, -0.2) is 0 Å². The summed E-state index contributed by atoms with van der Waals surface area (Å²) in [5, 5.41) is 17.5. The van der Waals surface area contributed by atoms with Crippen LogP contribution < -0.4 is 34.7 Å². The van der Waals surface area contributed by atoms with Gasteiger partial charge in [0.15, 0.2) is 0 Å². The van der Waals surface area contributed by atoms with Crippen LogP contribution in [0, 0.1) is 0 Å². The number of aliphatic hydroxyl groups excluding tert-OH is 1. The van der Waals surface area contributed by atoms with Crippen LogP contribution in [-0.2, 0) is 0 Å². The van der Waals surface area contributed by atoms with Crippen molar-refractivity contribution < 1.29 is 39.8 Å². The molecule has 0 aromatic carbocycles. The Hall–Kier alpha value is 0.920. The molecule has 2 nitrogen and oxygen atoms in total. The van der Waals surface area contributed by atoms with Crippen LogP contribution in [-0.4, -0.2) is 17.8 Å². The summed E-state index contributed by atoms with van der Waals surface area (Å²) in [6.07, 6.45) is -0.810. The molecule has 0 spiro atoms. The molecule has 0 bridgehead atoms. The van der Waals surface area contributed by atoms with E-state index in [0.29, 0.717) is 0 Å². The van der Waals surface area contributed by atoms with Crippen LogP contribution in [0.4, 0.5) is 0 Å². The molecule has 0 amide bonds. The van der Waals surface area contributed by atoms with Gasteiger partial charge < -0.3 is 10.2 Å². The Labute approximate surface area is 59.5 Å². The van der Waals surface area contributed by atoms with E-state index in [1.165, 1.54) is 6.92 Å². The van der Waals surface area contributed by atoms with Crippen LogP contribution in [0.25, 0.3) is 0 Å². The Morgan fingerprint density at radius 1 is 1.83 bits per heavy atom. The second kappa shape index (κ2) is 5.92. The number of hydrogen-bond acceptors (Lipinski definition) is 2. The third kappa shape index (κ3) is 8.87. The minimum atomic E-state index is -0.810. The van der Waals surface area contributed by atoms with Gasteiger partial charge in [-0.05, 0) is 0 Å². The Morgan fingerprint density at radius 2 is 2.00 bits per heavy atom. The quantitative estimate of drug-likeness (QED) is 0.337. The molecule has 0 radical (unpaired) electrons. The van der Waals surface area contributed by atoms with Gasteiger partial charge in [0.1, 0.15) is 0 Å². The third-order valence-electron chi connectivity index (χ3n) is 0.257. The van der Waals surface area contributed by atoms with Gasteiger partial charge in [0, 0.05) is 6.61 Å². The van der Waals surface area contributed by atoms with Gasteiger partial charge in [0.2, 0.25) is 0 Å². The van der Waals surface area contributed by atoms with Gasteiger partial charge in [-0.3, -0.25) is 0 Å². The Bertz CT molecular complexity index is 22.8. The van der Waals surface area contributed by atoms with Gasteiger partial charge in [-0.1, -0.05) is 6.92 Å². The van der Waals surface area contributed by atoms with Gasteiger partial charge in [0.05, 0.1) is 0 Å². The first kappa shape index (κ1) is 10.0. The normalized spacial score (nSPS) is 12.5. The number of aliphatic hydroxyl groups is 1. The third-order valence-corrected chi connectivity index (χ3v) is 0.257. The van der Waals surface area contributed by atoms with Crippen LogP contribution in [0.15, 0.2) is 0 Å². The second-order valence-electron chi connectivity index (χ2n) is 0.993. The summed E-state index contributed by atoms with van der Waals surface area (Å²) in [5.41, 5.74) is 0. The van der Waals surface area contributed by atoms with E-state index in [9.17, 15) is 5.11 Å². The summed E-state index contributed by atoms with van der Waals surface area (Å²) in [6, 6.07) is 0. The first-order valence-electron chi connectivity index (χ1n) is 1.54. The average Bonchev–Trinajstić information content (AvgIpc) is 1.38. The van der Waals surface area contributed by atoms with Gasteiger partial charge in [-0.15, -0.1) is 6.10 Å². The summed E-state index contributed by atoms with van der Waals surface area (Å²) in [6.45, 7) is 1.17. The topological polar surface area (TPSA) is 43.3 Å².